The molecule has 0 N–H and O–H groups in total. The van der Waals surface area contributed by atoms with Gasteiger partial charge in [0.2, 0.25) is 0 Å². The van der Waals surface area contributed by atoms with Gasteiger partial charge in [0.05, 0.1) is 19.8 Å². The number of nitrogens with zero attached hydrogens (tertiary/aromatic N) is 3. The van der Waals surface area contributed by atoms with Crippen LogP contribution in [-0.2, 0) is 17.0 Å². The third-order valence-corrected chi connectivity index (χ3v) is 5.17. The molecule has 1 aromatic heterocycles. The molecule has 0 bridgehead atoms. The maximum absolute atomic E-state index is 12.0. The molecule has 0 aliphatic heterocycles. The molecule has 0 radical (unpaired) electrons. The number of carbonyl (C=O) groups is 1. The van der Waals surface area contributed by atoms with Crippen molar-refractivity contribution in [3.05, 3.63) is 72.3 Å². The first-order valence-corrected chi connectivity index (χ1v) is 9.64. The Kier molecular flexibility index (Phi) is 6.49. The van der Waals surface area contributed by atoms with Crippen molar-refractivity contribution < 1.29 is 14.3 Å². The number of allylic oxidation sites excluding steroid dienone is 1. The van der Waals surface area contributed by atoms with E-state index in [4.69, 9.17) is 9.47 Å². The van der Waals surface area contributed by atoms with E-state index in [0.29, 0.717) is 17.9 Å². The van der Waals surface area contributed by atoms with E-state index < -0.39 is 0 Å². The first kappa shape index (κ1) is 19.7. The van der Waals surface area contributed by atoms with Gasteiger partial charge in [0.1, 0.15) is 5.75 Å². The van der Waals surface area contributed by atoms with Gasteiger partial charge >= 0.3 is 5.97 Å². The fraction of sp³-hybridized carbons (Fsp3) is 0.190. The van der Waals surface area contributed by atoms with Crippen LogP contribution in [-0.4, -0.2) is 35.0 Å². The van der Waals surface area contributed by atoms with Crippen molar-refractivity contribution in [2.24, 2.45) is 0 Å². The normalized spacial score (nSPS) is 10.5. The Morgan fingerprint density at radius 1 is 1.14 bits per heavy atom. The van der Waals surface area contributed by atoms with Crippen molar-refractivity contribution in [1.82, 2.24) is 14.8 Å². The number of ether oxygens (including phenoxy) is 2. The summed E-state index contributed by atoms with van der Waals surface area (Å²) in [7, 11) is 3.02. The summed E-state index contributed by atoms with van der Waals surface area (Å²) in [6, 6.07) is 15.1. The lowest BCUT2D eigenvalue weighted by Gasteiger charge is -2.10. The number of benzene rings is 2. The lowest BCUT2D eigenvalue weighted by molar-refractivity contribution is 0.0600. The fourth-order valence-electron chi connectivity index (χ4n) is 2.74. The molecule has 3 rings (SSSR count). The number of carbonyl (C=O) groups excluding carboxylic acids is 1. The second kappa shape index (κ2) is 9.23. The van der Waals surface area contributed by atoms with Crippen LogP contribution in [0.2, 0.25) is 0 Å². The number of methoxy groups -OCH3 is 2. The van der Waals surface area contributed by atoms with Gasteiger partial charge in [-0.15, -0.1) is 16.8 Å². The third kappa shape index (κ3) is 4.26. The SMILES string of the molecule is C=CCn1c(SCc2ccccc2C(=O)OC)nnc1-c1ccc(OC)cc1. The largest absolute Gasteiger partial charge is 0.497 e. The Labute approximate surface area is 168 Å². The van der Waals surface area contributed by atoms with Crippen LogP contribution in [0, 0.1) is 0 Å². The predicted molar refractivity (Wildman–Crippen MR) is 110 cm³/mol. The maximum atomic E-state index is 12.0. The maximum Gasteiger partial charge on any atom is 0.338 e. The molecular formula is C21H21N3O3S. The summed E-state index contributed by atoms with van der Waals surface area (Å²) in [5.41, 5.74) is 2.39. The average Bonchev–Trinajstić information content (AvgIpc) is 3.14. The minimum absolute atomic E-state index is 0.345. The van der Waals surface area contributed by atoms with E-state index in [2.05, 4.69) is 16.8 Å². The molecule has 0 atom stereocenters. The van der Waals surface area contributed by atoms with Gasteiger partial charge in [0.15, 0.2) is 11.0 Å². The number of aromatic nitrogens is 3. The first-order valence-electron chi connectivity index (χ1n) is 8.65. The van der Waals surface area contributed by atoms with E-state index in [1.165, 1.54) is 18.9 Å². The molecule has 0 saturated carbocycles. The molecule has 6 nitrogen and oxygen atoms in total. The highest BCUT2D eigenvalue weighted by Crippen LogP contribution is 2.28. The minimum atomic E-state index is -0.345. The highest BCUT2D eigenvalue weighted by molar-refractivity contribution is 7.98. The summed E-state index contributed by atoms with van der Waals surface area (Å²) < 4.78 is 12.1. The molecule has 0 fully saturated rings. The summed E-state index contributed by atoms with van der Waals surface area (Å²) in [4.78, 5) is 12.0. The topological polar surface area (TPSA) is 66.2 Å². The van der Waals surface area contributed by atoms with Crippen LogP contribution in [0.1, 0.15) is 15.9 Å². The molecule has 3 aromatic rings. The highest BCUT2D eigenvalue weighted by Gasteiger charge is 2.16. The minimum Gasteiger partial charge on any atom is -0.497 e. The number of rotatable bonds is 8. The van der Waals surface area contributed by atoms with E-state index >= 15 is 0 Å². The molecule has 0 saturated heterocycles. The van der Waals surface area contributed by atoms with Crippen molar-refractivity contribution >= 4 is 17.7 Å². The summed E-state index contributed by atoms with van der Waals surface area (Å²) in [6.07, 6.45) is 1.81. The lowest BCUT2D eigenvalue weighted by Crippen LogP contribution is -2.05. The molecule has 0 amide bonds. The first-order chi connectivity index (χ1) is 13.7. The zero-order valence-electron chi connectivity index (χ0n) is 15.8. The van der Waals surface area contributed by atoms with Crippen molar-refractivity contribution in [2.75, 3.05) is 14.2 Å². The molecule has 0 spiro atoms. The van der Waals surface area contributed by atoms with Gasteiger partial charge in [-0.25, -0.2) is 4.79 Å². The average molecular weight is 395 g/mol. The van der Waals surface area contributed by atoms with Crippen LogP contribution in [0.25, 0.3) is 11.4 Å². The second-order valence-corrected chi connectivity index (χ2v) is 6.81. The Morgan fingerprint density at radius 2 is 1.89 bits per heavy atom. The van der Waals surface area contributed by atoms with Crippen molar-refractivity contribution in [2.45, 2.75) is 17.5 Å². The Hall–Kier alpha value is -3.06. The molecule has 2 aromatic carbocycles. The molecule has 144 valence electrons. The molecule has 1 heterocycles. The monoisotopic (exact) mass is 395 g/mol. The van der Waals surface area contributed by atoms with Gasteiger partial charge in [0, 0.05) is 17.9 Å². The van der Waals surface area contributed by atoms with E-state index in [1.807, 2.05) is 53.1 Å². The van der Waals surface area contributed by atoms with E-state index in [-0.39, 0.29) is 5.97 Å². The molecule has 0 unspecified atom stereocenters. The Bertz CT molecular complexity index is 967. The summed E-state index contributed by atoms with van der Waals surface area (Å²) in [6.45, 7) is 4.42. The van der Waals surface area contributed by atoms with E-state index in [1.54, 1.807) is 13.2 Å². The van der Waals surface area contributed by atoms with Gasteiger partial charge < -0.3 is 9.47 Å². The van der Waals surface area contributed by atoms with Gasteiger partial charge in [0.25, 0.3) is 0 Å². The fourth-order valence-corrected chi connectivity index (χ4v) is 3.69. The zero-order chi connectivity index (χ0) is 19.9. The van der Waals surface area contributed by atoms with Crippen molar-refractivity contribution in [3.63, 3.8) is 0 Å². The molecule has 0 aliphatic carbocycles. The van der Waals surface area contributed by atoms with E-state index in [0.717, 1.165) is 27.9 Å². The van der Waals surface area contributed by atoms with Crippen LogP contribution in [0.4, 0.5) is 0 Å². The van der Waals surface area contributed by atoms with Crippen LogP contribution in [0.5, 0.6) is 5.75 Å². The van der Waals surface area contributed by atoms with Gasteiger partial charge in [-0.3, -0.25) is 4.57 Å². The highest BCUT2D eigenvalue weighted by atomic mass is 32.2. The van der Waals surface area contributed by atoms with Crippen LogP contribution < -0.4 is 4.74 Å². The summed E-state index contributed by atoms with van der Waals surface area (Å²) >= 11 is 1.51. The Balaban J connectivity index is 1.86. The number of hydrogen-bond donors (Lipinski definition) is 0. The van der Waals surface area contributed by atoms with E-state index in [9.17, 15) is 4.79 Å². The summed E-state index contributed by atoms with van der Waals surface area (Å²) in [5.74, 6) is 1.77. The quantitative estimate of drug-likeness (QED) is 0.323. The molecule has 28 heavy (non-hydrogen) atoms. The summed E-state index contributed by atoms with van der Waals surface area (Å²) in [5, 5.41) is 9.46. The molecule has 0 aliphatic rings. The lowest BCUT2D eigenvalue weighted by atomic mass is 10.1. The standard InChI is InChI=1S/C21H21N3O3S/c1-4-13-24-19(15-9-11-17(26-2)12-10-15)22-23-21(24)28-14-16-7-5-6-8-18(16)20(25)27-3/h4-12H,1,13-14H2,2-3H3. The number of hydrogen-bond acceptors (Lipinski definition) is 6. The van der Waals surface area contributed by atoms with Crippen molar-refractivity contribution in [3.8, 4) is 17.1 Å². The van der Waals surface area contributed by atoms with Crippen LogP contribution >= 0.6 is 11.8 Å². The van der Waals surface area contributed by atoms with Crippen LogP contribution in [0.15, 0.2) is 66.3 Å². The zero-order valence-corrected chi connectivity index (χ0v) is 16.6. The smallest absolute Gasteiger partial charge is 0.338 e. The van der Waals surface area contributed by atoms with Gasteiger partial charge in [-0.2, -0.15) is 0 Å². The third-order valence-electron chi connectivity index (χ3n) is 4.16. The van der Waals surface area contributed by atoms with Gasteiger partial charge in [-0.05, 0) is 35.9 Å². The van der Waals surface area contributed by atoms with Crippen molar-refractivity contribution in [1.29, 1.82) is 0 Å². The number of thioether (sulfide) groups is 1. The van der Waals surface area contributed by atoms with Crippen LogP contribution in [0.3, 0.4) is 0 Å². The predicted octanol–water partition coefficient (Wildman–Crippen LogP) is 4.22. The Morgan fingerprint density at radius 3 is 2.57 bits per heavy atom. The second-order valence-electron chi connectivity index (χ2n) is 5.87. The molecular weight excluding hydrogens is 374 g/mol. The van der Waals surface area contributed by atoms with Gasteiger partial charge in [-0.1, -0.05) is 36.0 Å². The molecule has 7 heteroatoms. The number of esters is 1.